The Morgan fingerprint density at radius 2 is 1.71 bits per heavy atom. The number of halogens is 2. The van der Waals surface area contributed by atoms with Gasteiger partial charge in [0.2, 0.25) is 0 Å². The summed E-state index contributed by atoms with van der Waals surface area (Å²) in [5.41, 5.74) is -0.845. The summed E-state index contributed by atoms with van der Waals surface area (Å²) in [5, 5.41) is 1.43. The van der Waals surface area contributed by atoms with Crippen LogP contribution in [0.4, 0.5) is 8.78 Å². The summed E-state index contributed by atoms with van der Waals surface area (Å²) < 4.78 is 35.0. The number of aromatic nitrogens is 2. The van der Waals surface area contributed by atoms with Crippen LogP contribution in [0.3, 0.4) is 0 Å². The number of hydrogen-bond donors (Lipinski definition) is 0. The monoisotopic (exact) mass is 442 g/mol. The first-order valence-corrected chi connectivity index (χ1v) is 10.1. The van der Waals surface area contributed by atoms with Gasteiger partial charge in [0.05, 0.1) is 23.1 Å². The average Bonchev–Trinajstić information content (AvgIpc) is 3.21. The van der Waals surface area contributed by atoms with E-state index >= 15 is 0 Å². The lowest BCUT2D eigenvalue weighted by Gasteiger charge is -2.10. The van der Waals surface area contributed by atoms with Gasteiger partial charge >= 0.3 is 11.7 Å². The molecule has 0 bridgehead atoms. The van der Waals surface area contributed by atoms with Gasteiger partial charge in [-0.3, -0.25) is 13.9 Å². The number of carbonyl (C=O) groups is 1. The Bertz CT molecular complexity index is 1390. The van der Waals surface area contributed by atoms with E-state index in [0.717, 1.165) is 33.6 Å². The van der Waals surface area contributed by atoms with Gasteiger partial charge in [-0.15, -0.1) is 11.3 Å². The van der Waals surface area contributed by atoms with E-state index < -0.39 is 35.5 Å². The van der Waals surface area contributed by atoms with Crippen molar-refractivity contribution in [3.63, 3.8) is 0 Å². The SMILES string of the molecule is Cn1c(=O)n(Cc2ccccc2)c(=O)c2c(C(=O)OCc3c(F)cccc3F)csc21. The number of ether oxygens (including phenoxy) is 1. The zero-order chi connectivity index (χ0) is 22.1. The van der Waals surface area contributed by atoms with E-state index in [0.29, 0.717) is 4.83 Å². The topological polar surface area (TPSA) is 70.3 Å². The van der Waals surface area contributed by atoms with Crippen molar-refractivity contribution >= 4 is 27.5 Å². The molecule has 4 aromatic rings. The van der Waals surface area contributed by atoms with Crippen LogP contribution in [0.25, 0.3) is 10.2 Å². The number of carbonyl (C=O) groups excluding carboxylic acids is 1. The molecule has 2 heterocycles. The van der Waals surface area contributed by atoms with Crippen molar-refractivity contribution in [3.05, 3.63) is 103 Å². The number of thiophene rings is 1. The minimum Gasteiger partial charge on any atom is -0.457 e. The fourth-order valence-electron chi connectivity index (χ4n) is 3.23. The van der Waals surface area contributed by atoms with Gasteiger partial charge in [-0.2, -0.15) is 0 Å². The first-order chi connectivity index (χ1) is 14.9. The number of esters is 1. The molecule has 0 saturated heterocycles. The maximum atomic E-state index is 13.8. The van der Waals surface area contributed by atoms with Crippen molar-refractivity contribution in [2.24, 2.45) is 7.05 Å². The molecular weight excluding hydrogens is 426 g/mol. The zero-order valence-electron chi connectivity index (χ0n) is 16.3. The lowest BCUT2D eigenvalue weighted by atomic mass is 10.2. The Kier molecular flexibility index (Phi) is 5.51. The normalized spacial score (nSPS) is 11.1. The van der Waals surface area contributed by atoms with Crippen molar-refractivity contribution in [2.75, 3.05) is 0 Å². The predicted molar refractivity (Wildman–Crippen MR) is 112 cm³/mol. The van der Waals surface area contributed by atoms with Crippen LogP contribution >= 0.6 is 11.3 Å². The Morgan fingerprint density at radius 1 is 1.03 bits per heavy atom. The minimum absolute atomic E-state index is 0.0297. The number of nitrogens with zero attached hydrogens (tertiary/aromatic N) is 2. The van der Waals surface area contributed by atoms with Crippen LogP contribution in [-0.2, 0) is 24.9 Å². The summed E-state index contributed by atoms with van der Waals surface area (Å²) in [6.45, 7) is -0.592. The Balaban J connectivity index is 1.73. The molecule has 0 saturated carbocycles. The van der Waals surface area contributed by atoms with Crippen LogP contribution in [0.5, 0.6) is 0 Å². The molecule has 0 fully saturated rings. The Hall–Kier alpha value is -3.59. The maximum Gasteiger partial charge on any atom is 0.340 e. The molecule has 6 nitrogen and oxygen atoms in total. The predicted octanol–water partition coefficient (Wildman–Crippen LogP) is 3.45. The molecule has 0 atom stereocenters. The standard InChI is InChI=1S/C22H16F2N2O4S/c1-25-20-18(19(27)26(22(25)29)10-13-6-3-2-4-7-13)15(12-31-20)21(28)30-11-14-16(23)8-5-9-17(14)24/h2-9,12H,10-11H2,1H3. The second-order valence-corrected chi connectivity index (χ2v) is 7.68. The van der Waals surface area contributed by atoms with Gasteiger partial charge in [0.25, 0.3) is 5.56 Å². The molecule has 0 spiro atoms. The molecule has 0 aliphatic carbocycles. The molecule has 4 rings (SSSR count). The van der Waals surface area contributed by atoms with Crippen molar-refractivity contribution in [3.8, 4) is 0 Å². The van der Waals surface area contributed by atoms with Gasteiger partial charge in [-0.05, 0) is 17.7 Å². The Labute approximate surface area is 178 Å². The average molecular weight is 442 g/mol. The van der Waals surface area contributed by atoms with E-state index in [1.54, 1.807) is 24.3 Å². The molecule has 158 valence electrons. The lowest BCUT2D eigenvalue weighted by molar-refractivity contribution is 0.0467. The molecule has 31 heavy (non-hydrogen) atoms. The molecule has 0 N–H and O–H groups in total. The van der Waals surface area contributed by atoms with Crippen LogP contribution in [0.1, 0.15) is 21.5 Å². The van der Waals surface area contributed by atoms with Gasteiger partial charge in [-0.25, -0.2) is 18.4 Å². The molecular formula is C22H16F2N2O4S. The fraction of sp³-hybridized carbons (Fsp3) is 0.136. The van der Waals surface area contributed by atoms with E-state index in [1.807, 2.05) is 6.07 Å². The number of aryl methyl sites for hydroxylation is 1. The van der Waals surface area contributed by atoms with Crippen LogP contribution in [0.15, 0.2) is 63.5 Å². The second kappa shape index (κ2) is 8.27. The third-order valence-corrected chi connectivity index (χ3v) is 5.92. The highest BCUT2D eigenvalue weighted by atomic mass is 32.1. The number of fused-ring (bicyclic) bond motifs is 1. The van der Waals surface area contributed by atoms with Gasteiger partial charge in [0.15, 0.2) is 0 Å². The summed E-state index contributed by atoms with van der Waals surface area (Å²) in [7, 11) is 1.51. The molecule has 0 unspecified atom stereocenters. The van der Waals surface area contributed by atoms with Crippen molar-refractivity contribution in [2.45, 2.75) is 13.2 Å². The molecule has 0 aliphatic heterocycles. The third-order valence-electron chi connectivity index (χ3n) is 4.87. The molecule has 2 aromatic heterocycles. The molecule has 2 aromatic carbocycles. The van der Waals surface area contributed by atoms with Gasteiger partial charge in [0, 0.05) is 12.4 Å². The van der Waals surface area contributed by atoms with E-state index in [4.69, 9.17) is 4.74 Å². The summed E-state index contributed by atoms with van der Waals surface area (Å²) in [4.78, 5) is 38.8. The second-order valence-electron chi connectivity index (χ2n) is 6.82. The smallest absolute Gasteiger partial charge is 0.340 e. The fourth-order valence-corrected chi connectivity index (χ4v) is 4.23. The van der Waals surface area contributed by atoms with Gasteiger partial charge < -0.3 is 4.74 Å². The zero-order valence-corrected chi connectivity index (χ0v) is 17.1. The highest BCUT2D eigenvalue weighted by molar-refractivity contribution is 7.17. The van der Waals surface area contributed by atoms with Gasteiger partial charge in [-0.1, -0.05) is 36.4 Å². The molecule has 0 radical (unpaired) electrons. The van der Waals surface area contributed by atoms with E-state index in [1.165, 1.54) is 23.1 Å². The van der Waals surface area contributed by atoms with E-state index in [2.05, 4.69) is 0 Å². The first-order valence-electron chi connectivity index (χ1n) is 9.23. The summed E-state index contributed by atoms with van der Waals surface area (Å²) in [5.74, 6) is -2.58. The van der Waals surface area contributed by atoms with Gasteiger partial charge in [0.1, 0.15) is 23.1 Å². The molecule has 0 aliphatic rings. The highest BCUT2D eigenvalue weighted by Gasteiger charge is 2.22. The third kappa shape index (κ3) is 3.79. The summed E-state index contributed by atoms with van der Waals surface area (Å²) >= 11 is 1.04. The van der Waals surface area contributed by atoms with Crippen molar-refractivity contribution in [1.29, 1.82) is 0 Å². The Morgan fingerprint density at radius 3 is 2.39 bits per heavy atom. The van der Waals surface area contributed by atoms with Crippen LogP contribution < -0.4 is 11.2 Å². The summed E-state index contributed by atoms with van der Waals surface area (Å²) in [6.07, 6.45) is 0. The van der Waals surface area contributed by atoms with Crippen molar-refractivity contribution < 1.29 is 18.3 Å². The summed E-state index contributed by atoms with van der Waals surface area (Å²) in [6, 6.07) is 12.3. The highest BCUT2D eigenvalue weighted by Crippen LogP contribution is 2.23. The number of hydrogen-bond acceptors (Lipinski definition) is 5. The lowest BCUT2D eigenvalue weighted by Crippen LogP contribution is -2.39. The van der Waals surface area contributed by atoms with E-state index in [-0.39, 0.29) is 23.1 Å². The molecule has 0 amide bonds. The quantitative estimate of drug-likeness (QED) is 0.444. The van der Waals surface area contributed by atoms with Crippen LogP contribution in [0, 0.1) is 11.6 Å². The maximum absolute atomic E-state index is 13.8. The number of benzene rings is 2. The minimum atomic E-state index is -0.907. The van der Waals surface area contributed by atoms with Crippen LogP contribution in [-0.4, -0.2) is 15.1 Å². The van der Waals surface area contributed by atoms with Crippen molar-refractivity contribution in [1.82, 2.24) is 9.13 Å². The first kappa shape index (κ1) is 20.7. The van der Waals surface area contributed by atoms with Crippen LogP contribution in [0.2, 0.25) is 0 Å². The van der Waals surface area contributed by atoms with E-state index in [9.17, 15) is 23.2 Å². The molecule has 9 heteroatoms. The number of rotatable bonds is 5. The largest absolute Gasteiger partial charge is 0.457 e.